The van der Waals surface area contributed by atoms with Gasteiger partial charge in [0.25, 0.3) is 5.91 Å². The van der Waals surface area contributed by atoms with E-state index in [0.29, 0.717) is 17.2 Å². The lowest BCUT2D eigenvalue weighted by Crippen LogP contribution is -2.31. The van der Waals surface area contributed by atoms with Crippen molar-refractivity contribution >= 4 is 11.6 Å². The van der Waals surface area contributed by atoms with Crippen molar-refractivity contribution in [1.82, 2.24) is 10.2 Å². The number of amides is 1. The van der Waals surface area contributed by atoms with Crippen LogP contribution in [0.4, 0.5) is 5.69 Å². The topological polar surface area (TPSA) is 58.4 Å². The zero-order valence-corrected chi connectivity index (χ0v) is 13.9. The molecule has 1 fully saturated rings. The fourth-order valence-corrected chi connectivity index (χ4v) is 3.23. The molecule has 0 aliphatic carbocycles. The Kier molecular flexibility index (Phi) is 5.49. The fourth-order valence-electron chi connectivity index (χ4n) is 3.23. The summed E-state index contributed by atoms with van der Waals surface area (Å²) in [5.74, 6) is 0.496. The van der Waals surface area contributed by atoms with Gasteiger partial charge in [0.2, 0.25) is 0 Å². The van der Waals surface area contributed by atoms with Crippen molar-refractivity contribution in [3.05, 3.63) is 65.7 Å². The highest BCUT2D eigenvalue weighted by atomic mass is 16.1. The Morgan fingerprint density at radius 2 is 2.00 bits per heavy atom. The number of carbonyl (C=O) groups is 1. The van der Waals surface area contributed by atoms with E-state index in [1.54, 1.807) is 18.2 Å². The number of carbonyl (C=O) groups excluding carboxylic acids is 1. The van der Waals surface area contributed by atoms with E-state index in [4.69, 9.17) is 5.73 Å². The van der Waals surface area contributed by atoms with E-state index in [1.165, 1.54) is 5.56 Å². The number of benzene rings is 2. The molecule has 0 spiro atoms. The fraction of sp³-hybridized carbons (Fsp3) is 0.350. The highest BCUT2D eigenvalue weighted by Crippen LogP contribution is 2.16. The molecule has 126 valence electrons. The molecular weight excluding hydrogens is 298 g/mol. The van der Waals surface area contributed by atoms with Gasteiger partial charge in [-0.3, -0.25) is 4.79 Å². The van der Waals surface area contributed by atoms with Crippen LogP contribution < -0.4 is 11.1 Å². The maximum Gasteiger partial charge on any atom is 0.251 e. The molecule has 1 amide bonds. The molecule has 0 bridgehead atoms. The number of nitrogens with two attached hydrogens (primary N) is 1. The van der Waals surface area contributed by atoms with E-state index in [-0.39, 0.29) is 5.91 Å². The molecule has 3 N–H and O–H groups in total. The minimum absolute atomic E-state index is 0.0370. The highest BCUT2D eigenvalue weighted by Gasteiger charge is 2.22. The molecule has 3 rings (SSSR count). The largest absolute Gasteiger partial charge is 0.399 e. The number of nitrogen functional groups attached to an aromatic ring is 1. The van der Waals surface area contributed by atoms with Gasteiger partial charge in [-0.05, 0) is 49.1 Å². The van der Waals surface area contributed by atoms with Crippen molar-refractivity contribution in [2.75, 3.05) is 31.9 Å². The third kappa shape index (κ3) is 4.59. The van der Waals surface area contributed by atoms with Gasteiger partial charge in [0.1, 0.15) is 0 Å². The van der Waals surface area contributed by atoms with Crippen LogP contribution in [0, 0.1) is 5.92 Å². The Bertz CT molecular complexity index is 672. The average molecular weight is 323 g/mol. The van der Waals surface area contributed by atoms with Gasteiger partial charge in [0.15, 0.2) is 0 Å². The molecule has 4 heteroatoms. The number of likely N-dealkylation sites (tertiary alicyclic amines) is 1. The van der Waals surface area contributed by atoms with E-state index in [2.05, 4.69) is 40.5 Å². The monoisotopic (exact) mass is 323 g/mol. The number of anilines is 1. The summed E-state index contributed by atoms with van der Waals surface area (Å²) in [7, 11) is 0. The van der Waals surface area contributed by atoms with E-state index in [9.17, 15) is 4.79 Å². The smallest absolute Gasteiger partial charge is 0.251 e. The lowest BCUT2D eigenvalue weighted by molar-refractivity contribution is 0.0947. The lowest BCUT2D eigenvalue weighted by atomic mass is 10.1. The minimum atomic E-state index is -0.0370. The summed E-state index contributed by atoms with van der Waals surface area (Å²) >= 11 is 0. The molecule has 1 saturated heterocycles. The van der Waals surface area contributed by atoms with Crippen LogP contribution in [0.3, 0.4) is 0 Å². The van der Waals surface area contributed by atoms with Gasteiger partial charge in [-0.15, -0.1) is 0 Å². The number of hydrogen-bond donors (Lipinski definition) is 2. The number of nitrogens with one attached hydrogen (secondary N) is 1. The summed E-state index contributed by atoms with van der Waals surface area (Å²) in [5, 5.41) is 3.04. The molecule has 2 aromatic rings. The van der Waals surface area contributed by atoms with Gasteiger partial charge in [-0.25, -0.2) is 0 Å². The third-order valence-corrected chi connectivity index (χ3v) is 4.63. The van der Waals surface area contributed by atoms with E-state index < -0.39 is 0 Å². The molecule has 0 aromatic heterocycles. The van der Waals surface area contributed by atoms with Crippen LogP contribution in [0.1, 0.15) is 22.3 Å². The first kappa shape index (κ1) is 16.5. The number of hydrogen-bond acceptors (Lipinski definition) is 3. The summed E-state index contributed by atoms with van der Waals surface area (Å²) in [5.41, 5.74) is 8.37. The van der Waals surface area contributed by atoms with Crippen molar-refractivity contribution in [3.8, 4) is 0 Å². The van der Waals surface area contributed by atoms with E-state index in [0.717, 1.165) is 39.0 Å². The van der Waals surface area contributed by atoms with Crippen LogP contribution in [0.25, 0.3) is 0 Å². The van der Waals surface area contributed by atoms with Crippen LogP contribution >= 0.6 is 0 Å². The SMILES string of the molecule is Nc1cccc(C(=O)NCC2CCN(CCc3ccccc3)C2)c1. The summed E-state index contributed by atoms with van der Waals surface area (Å²) in [6, 6.07) is 17.7. The molecule has 1 atom stereocenters. The molecule has 4 nitrogen and oxygen atoms in total. The molecular formula is C20H25N3O. The van der Waals surface area contributed by atoms with Crippen LogP contribution in [-0.2, 0) is 6.42 Å². The Balaban J connectivity index is 1.40. The van der Waals surface area contributed by atoms with Crippen LogP contribution in [0.5, 0.6) is 0 Å². The zero-order valence-electron chi connectivity index (χ0n) is 13.9. The normalized spacial score (nSPS) is 17.8. The van der Waals surface area contributed by atoms with Gasteiger partial charge in [0.05, 0.1) is 0 Å². The van der Waals surface area contributed by atoms with Gasteiger partial charge >= 0.3 is 0 Å². The van der Waals surface area contributed by atoms with Crippen LogP contribution in [-0.4, -0.2) is 37.0 Å². The summed E-state index contributed by atoms with van der Waals surface area (Å²) in [6.07, 6.45) is 2.23. The zero-order chi connectivity index (χ0) is 16.8. The second-order valence-electron chi connectivity index (χ2n) is 6.53. The standard InChI is InChI=1S/C20H25N3O/c21-19-8-4-7-18(13-19)20(24)22-14-17-10-12-23(15-17)11-9-16-5-2-1-3-6-16/h1-8,13,17H,9-12,14-15,21H2,(H,22,24). The van der Waals surface area contributed by atoms with E-state index in [1.807, 2.05) is 6.07 Å². The molecule has 0 radical (unpaired) electrons. The third-order valence-electron chi connectivity index (χ3n) is 4.63. The molecule has 24 heavy (non-hydrogen) atoms. The van der Waals surface area contributed by atoms with Gasteiger partial charge < -0.3 is 16.0 Å². The first-order chi connectivity index (χ1) is 11.7. The predicted molar refractivity (Wildman–Crippen MR) is 97.9 cm³/mol. The van der Waals surface area contributed by atoms with Crippen molar-refractivity contribution in [2.24, 2.45) is 5.92 Å². The van der Waals surface area contributed by atoms with E-state index >= 15 is 0 Å². The number of rotatable bonds is 6. The Hall–Kier alpha value is -2.33. The minimum Gasteiger partial charge on any atom is -0.399 e. The molecule has 0 saturated carbocycles. The lowest BCUT2D eigenvalue weighted by Gasteiger charge is -2.16. The van der Waals surface area contributed by atoms with Gasteiger partial charge in [-0.2, -0.15) is 0 Å². The molecule has 1 unspecified atom stereocenters. The van der Waals surface area contributed by atoms with Crippen LogP contribution in [0.15, 0.2) is 54.6 Å². The first-order valence-corrected chi connectivity index (χ1v) is 8.61. The molecule has 1 aliphatic rings. The molecule has 2 aromatic carbocycles. The highest BCUT2D eigenvalue weighted by molar-refractivity contribution is 5.94. The van der Waals surface area contributed by atoms with Crippen molar-refractivity contribution in [1.29, 1.82) is 0 Å². The second-order valence-corrected chi connectivity index (χ2v) is 6.53. The quantitative estimate of drug-likeness (QED) is 0.803. The number of nitrogens with zero attached hydrogens (tertiary/aromatic N) is 1. The summed E-state index contributed by atoms with van der Waals surface area (Å²) < 4.78 is 0. The second kappa shape index (κ2) is 7.97. The Morgan fingerprint density at radius 3 is 2.79 bits per heavy atom. The summed E-state index contributed by atoms with van der Waals surface area (Å²) in [6.45, 7) is 3.99. The first-order valence-electron chi connectivity index (χ1n) is 8.61. The Morgan fingerprint density at radius 1 is 1.17 bits per heavy atom. The maximum absolute atomic E-state index is 12.2. The average Bonchev–Trinajstić information content (AvgIpc) is 3.07. The van der Waals surface area contributed by atoms with Gasteiger partial charge in [-0.1, -0.05) is 36.4 Å². The van der Waals surface area contributed by atoms with Crippen molar-refractivity contribution in [3.63, 3.8) is 0 Å². The maximum atomic E-state index is 12.2. The van der Waals surface area contributed by atoms with Crippen molar-refractivity contribution < 1.29 is 4.79 Å². The summed E-state index contributed by atoms with van der Waals surface area (Å²) in [4.78, 5) is 14.7. The van der Waals surface area contributed by atoms with Crippen molar-refractivity contribution in [2.45, 2.75) is 12.8 Å². The van der Waals surface area contributed by atoms with Gasteiger partial charge in [0, 0.05) is 30.9 Å². The van der Waals surface area contributed by atoms with Crippen LogP contribution in [0.2, 0.25) is 0 Å². The molecule has 1 heterocycles. The predicted octanol–water partition coefficient (Wildman–Crippen LogP) is 2.56. The molecule has 1 aliphatic heterocycles. The Labute approximate surface area is 143 Å².